The van der Waals surface area contributed by atoms with Gasteiger partial charge in [0.2, 0.25) is 10.7 Å². The minimum absolute atomic E-state index is 0.119. The van der Waals surface area contributed by atoms with E-state index >= 15 is 0 Å². The van der Waals surface area contributed by atoms with Crippen molar-refractivity contribution >= 4 is 45.0 Å². The Bertz CT molecular complexity index is 1030. The van der Waals surface area contributed by atoms with Gasteiger partial charge >= 0.3 is 0 Å². The number of carbonyl (C=O) groups excluding carboxylic acids is 2. The van der Waals surface area contributed by atoms with E-state index < -0.39 is 0 Å². The van der Waals surface area contributed by atoms with Gasteiger partial charge in [-0.25, -0.2) is 5.43 Å². The Labute approximate surface area is 159 Å². The number of amides is 2. The van der Waals surface area contributed by atoms with Gasteiger partial charge in [0, 0.05) is 20.0 Å². The first-order valence-corrected chi connectivity index (χ1v) is 9.15. The van der Waals surface area contributed by atoms with Crippen molar-refractivity contribution in [1.29, 1.82) is 0 Å². The molecular formula is C18H17ClN4O2S. The van der Waals surface area contributed by atoms with E-state index in [-0.39, 0.29) is 24.8 Å². The van der Waals surface area contributed by atoms with E-state index in [4.69, 9.17) is 11.6 Å². The molecule has 26 heavy (non-hydrogen) atoms. The molecule has 2 N–H and O–H groups in total. The lowest BCUT2D eigenvalue weighted by molar-refractivity contribution is -0.121. The first-order valence-electron chi connectivity index (χ1n) is 7.96. The van der Waals surface area contributed by atoms with Crippen LogP contribution >= 0.6 is 22.9 Å². The minimum atomic E-state index is -0.309. The number of para-hydroxylation sites is 1. The number of aromatic nitrogens is 1. The average Bonchev–Trinajstić information content (AvgIpc) is 2.96. The number of halogens is 1. The fourth-order valence-electron chi connectivity index (χ4n) is 2.38. The molecule has 0 spiro atoms. The molecule has 0 atom stereocenters. The van der Waals surface area contributed by atoms with Gasteiger partial charge in [-0.3, -0.25) is 9.59 Å². The predicted octanol–water partition coefficient (Wildman–Crippen LogP) is 2.65. The van der Waals surface area contributed by atoms with Crippen molar-refractivity contribution in [2.75, 3.05) is 6.54 Å². The number of hydrogen-bond acceptors (Lipinski definition) is 4. The largest absolute Gasteiger partial charge is 0.351 e. The monoisotopic (exact) mass is 388 g/mol. The summed E-state index contributed by atoms with van der Waals surface area (Å²) in [5.74, 6) is -0.585. The molecule has 0 saturated heterocycles. The molecule has 0 radical (unpaired) electrons. The molecule has 2 amide bonds. The SMILES string of the molecule is Cn1/c(=N/NC(=O)CCNC(=O)c2ccccc2Cl)sc2ccccc21. The van der Waals surface area contributed by atoms with Gasteiger partial charge in [0.05, 0.1) is 20.8 Å². The Balaban J connectivity index is 1.55. The second kappa shape index (κ2) is 8.16. The molecule has 1 aromatic heterocycles. The summed E-state index contributed by atoms with van der Waals surface area (Å²) in [6.07, 6.45) is 0.119. The molecule has 0 saturated carbocycles. The van der Waals surface area contributed by atoms with E-state index in [0.29, 0.717) is 15.4 Å². The Morgan fingerprint density at radius 1 is 1.15 bits per heavy atom. The van der Waals surface area contributed by atoms with Crippen LogP contribution in [0, 0.1) is 0 Å². The zero-order valence-corrected chi connectivity index (χ0v) is 15.6. The summed E-state index contributed by atoms with van der Waals surface area (Å²) >= 11 is 7.46. The van der Waals surface area contributed by atoms with Gasteiger partial charge in [0.15, 0.2) is 0 Å². The number of carbonyl (C=O) groups is 2. The standard InChI is InChI=1S/C18H17ClN4O2S/c1-23-14-8-4-5-9-15(14)26-18(23)22-21-16(24)10-11-20-17(25)12-6-2-3-7-13(12)19/h2-9H,10-11H2,1H3,(H,20,25)(H,21,24)/b22-18-. The Morgan fingerprint density at radius 2 is 1.88 bits per heavy atom. The molecule has 3 rings (SSSR count). The summed E-state index contributed by atoms with van der Waals surface area (Å²) in [5, 5.41) is 7.21. The number of fused-ring (bicyclic) bond motifs is 1. The van der Waals surface area contributed by atoms with Crippen molar-refractivity contribution < 1.29 is 9.59 Å². The summed E-state index contributed by atoms with van der Waals surface area (Å²) < 4.78 is 3.01. The highest BCUT2D eigenvalue weighted by Gasteiger charge is 2.09. The molecule has 0 aliphatic heterocycles. The van der Waals surface area contributed by atoms with Crippen LogP contribution in [0.5, 0.6) is 0 Å². The van der Waals surface area contributed by atoms with Gasteiger partial charge in [-0.15, -0.1) is 5.10 Å². The average molecular weight is 389 g/mol. The Kier molecular flexibility index (Phi) is 5.70. The second-order valence-corrected chi connectivity index (χ2v) is 6.96. The Hall–Kier alpha value is -2.64. The van der Waals surface area contributed by atoms with Crippen LogP contribution in [-0.2, 0) is 11.8 Å². The third-order valence-corrected chi connectivity index (χ3v) is 5.19. The van der Waals surface area contributed by atoms with Gasteiger partial charge in [0.1, 0.15) is 0 Å². The van der Waals surface area contributed by atoms with E-state index in [1.165, 1.54) is 11.3 Å². The molecule has 0 fully saturated rings. The van der Waals surface area contributed by atoms with Crippen molar-refractivity contribution in [1.82, 2.24) is 15.3 Å². The highest BCUT2D eigenvalue weighted by Crippen LogP contribution is 2.15. The summed E-state index contributed by atoms with van der Waals surface area (Å²) in [6, 6.07) is 14.7. The molecule has 0 bridgehead atoms. The van der Waals surface area contributed by atoms with E-state index in [2.05, 4.69) is 15.8 Å². The maximum Gasteiger partial charge on any atom is 0.252 e. The van der Waals surface area contributed by atoms with Crippen LogP contribution in [0.2, 0.25) is 5.02 Å². The van der Waals surface area contributed by atoms with E-state index in [1.807, 2.05) is 35.9 Å². The van der Waals surface area contributed by atoms with E-state index in [1.54, 1.807) is 24.3 Å². The van der Waals surface area contributed by atoms with Crippen molar-refractivity contribution in [2.45, 2.75) is 6.42 Å². The first kappa shape index (κ1) is 18.2. The molecule has 2 aromatic carbocycles. The number of rotatable bonds is 5. The zero-order chi connectivity index (χ0) is 18.5. The molecular weight excluding hydrogens is 372 g/mol. The number of hydrogen-bond donors (Lipinski definition) is 2. The maximum atomic E-state index is 12.0. The number of thiazole rings is 1. The van der Waals surface area contributed by atoms with Crippen LogP contribution in [0.1, 0.15) is 16.8 Å². The van der Waals surface area contributed by atoms with Crippen LogP contribution in [0.3, 0.4) is 0 Å². The third-order valence-electron chi connectivity index (χ3n) is 3.75. The van der Waals surface area contributed by atoms with Crippen LogP contribution in [0.4, 0.5) is 0 Å². The van der Waals surface area contributed by atoms with Crippen molar-refractivity contribution in [3.05, 3.63) is 63.9 Å². The second-order valence-electron chi connectivity index (χ2n) is 5.54. The maximum absolute atomic E-state index is 12.0. The lowest BCUT2D eigenvalue weighted by Crippen LogP contribution is -2.30. The fraction of sp³-hybridized carbons (Fsp3) is 0.167. The molecule has 1 heterocycles. The number of nitrogens with zero attached hydrogens (tertiary/aromatic N) is 2. The summed E-state index contributed by atoms with van der Waals surface area (Å²) in [7, 11) is 1.90. The molecule has 0 unspecified atom stereocenters. The van der Waals surface area contributed by atoms with Crippen molar-refractivity contribution in [3.8, 4) is 0 Å². The topological polar surface area (TPSA) is 75.5 Å². The van der Waals surface area contributed by atoms with Gasteiger partial charge in [-0.1, -0.05) is 47.2 Å². The highest BCUT2D eigenvalue weighted by molar-refractivity contribution is 7.16. The van der Waals surface area contributed by atoms with Gasteiger partial charge in [-0.2, -0.15) is 0 Å². The molecule has 0 aliphatic rings. The van der Waals surface area contributed by atoms with Crippen LogP contribution in [-0.4, -0.2) is 22.9 Å². The van der Waals surface area contributed by atoms with Crippen molar-refractivity contribution in [3.63, 3.8) is 0 Å². The number of nitrogens with one attached hydrogen (secondary N) is 2. The lowest BCUT2D eigenvalue weighted by Gasteiger charge is -2.05. The van der Waals surface area contributed by atoms with Crippen LogP contribution in [0.15, 0.2) is 53.6 Å². The van der Waals surface area contributed by atoms with Gasteiger partial charge in [0.25, 0.3) is 5.91 Å². The number of benzene rings is 2. The first-order chi connectivity index (χ1) is 12.6. The minimum Gasteiger partial charge on any atom is -0.351 e. The Morgan fingerprint density at radius 3 is 2.65 bits per heavy atom. The molecule has 0 aliphatic carbocycles. The predicted molar refractivity (Wildman–Crippen MR) is 103 cm³/mol. The molecule has 134 valence electrons. The summed E-state index contributed by atoms with van der Waals surface area (Å²) in [5.41, 5.74) is 3.96. The van der Waals surface area contributed by atoms with Crippen LogP contribution < -0.4 is 15.5 Å². The van der Waals surface area contributed by atoms with Gasteiger partial charge in [-0.05, 0) is 24.3 Å². The zero-order valence-electron chi connectivity index (χ0n) is 14.0. The van der Waals surface area contributed by atoms with E-state index in [0.717, 1.165) is 10.2 Å². The summed E-state index contributed by atoms with van der Waals surface area (Å²) in [6.45, 7) is 0.198. The summed E-state index contributed by atoms with van der Waals surface area (Å²) in [4.78, 5) is 24.7. The fourth-order valence-corrected chi connectivity index (χ4v) is 3.59. The molecule has 8 heteroatoms. The highest BCUT2D eigenvalue weighted by atomic mass is 35.5. The van der Waals surface area contributed by atoms with Gasteiger partial charge < -0.3 is 9.88 Å². The third kappa shape index (κ3) is 4.12. The quantitative estimate of drug-likeness (QED) is 0.659. The smallest absolute Gasteiger partial charge is 0.252 e. The molecule has 6 nitrogen and oxygen atoms in total. The lowest BCUT2D eigenvalue weighted by atomic mass is 10.2. The number of aryl methyl sites for hydroxylation is 1. The normalized spacial score (nSPS) is 11.5. The van der Waals surface area contributed by atoms with Crippen molar-refractivity contribution in [2.24, 2.45) is 12.1 Å². The van der Waals surface area contributed by atoms with E-state index in [9.17, 15) is 9.59 Å². The van der Waals surface area contributed by atoms with Crippen LogP contribution in [0.25, 0.3) is 10.2 Å². The molecule has 3 aromatic rings.